The van der Waals surface area contributed by atoms with Crippen LogP contribution >= 0.6 is 11.8 Å². The van der Waals surface area contributed by atoms with Gasteiger partial charge in [0.1, 0.15) is 11.4 Å². The number of carbonyl (C=O) groups excluding carboxylic acids is 1. The molecule has 2 atom stereocenters. The molecule has 3 nitrogen and oxygen atoms in total. The molecule has 4 heteroatoms. The number of nitrogens with two attached hydrogens (primary N) is 1. The summed E-state index contributed by atoms with van der Waals surface area (Å²) in [7, 11) is 0. The van der Waals surface area contributed by atoms with Gasteiger partial charge >= 0.3 is 0 Å². The number of rotatable bonds is 0. The molecule has 54 valence electrons. The van der Waals surface area contributed by atoms with Crippen molar-refractivity contribution in [1.29, 1.82) is 0 Å². The molecule has 0 aromatic rings. The summed E-state index contributed by atoms with van der Waals surface area (Å²) in [4.78, 5) is 12.6. The monoisotopic (exact) mass is 156 g/mol. The molecule has 2 aliphatic rings. The highest BCUT2D eigenvalue weighted by Crippen LogP contribution is 2.31. The van der Waals surface area contributed by atoms with Crippen molar-refractivity contribution in [3.8, 4) is 0 Å². The number of hydrogen-bond donors (Lipinski definition) is 1. The molecule has 0 aliphatic carbocycles. The van der Waals surface area contributed by atoms with E-state index < -0.39 is 0 Å². The molecule has 0 bridgehead atoms. The fourth-order valence-electron chi connectivity index (χ4n) is 1.16. The number of fused-ring (bicyclic) bond motifs is 1. The van der Waals surface area contributed by atoms with Crippen LogP contribution < -0.4 is 5.73 Å². The van der Waals surface area contributed by atoms with Crippen molar-refractivity contribution in [3.63, 3.8) is 0 Å². The molecule has 0 aromatic heterocycles. The second-order valence-electron chi connectivity index (χ2n) is 2.38. The quantitative estimate of drug-likeness (QED) is 0.492. The molecule has 0 saturated carbocycles. The normalized spacial score (nSPS) is 37.3. The van der Waals surface area contributed by atoms with Crippen molar-refractivity contribution in [2.45, 2.75) is 11.4 Å². The predicted molar refractivity (Wildman–Crippen MR) is 40.2 cm³/mol. The number of β-lactam (4-membered cyclic amide) rings is 1. The highest BCUT2D eigenvalue weighted by Gasteiger charge is 2.44. The number of carbonyl (C=O) groups is 1. The maximum absolute atomic E-state index is 10.9. The van der Waals surface area contributed by atoms with E-state index in [1.165, 1.54) is 0 Å². The van der Waals surface area contributed by atoms with Crippen LogP contribution in [0.5, 0.6) is 0 Å². The zero-order chi connectivity index (χ0) is 7.14. The first-order valence-electron chi connectivity index (χ1n) is 3.17. The average molecular weight is 156 g/mol. The van der Waals surface area contributed by atoms with Crippen LogP contribution in [0, 0.1) is 0 Å². The van der Waals surface area contributed by atoms with E-state index in [-0.39, 0.29) is 17.3 Å². The smallest absolute Gasteiger partial charge is 0.247 e. The van der Waals surface area contributed by atoms with Gasteiger partial charge in [0.2, 0.25) is 5.91 Å². The zero-order valence-electron chi connectivity index (χ0n) is 5.36. The second kappa shape index (κ2) is 2.00. The molecule has 0 spiro atoms. The number of nitrogens with zero attached hydrogens (tertiary/aromatic N) is 1. The molecule has 2 N–H and O–H groups in total. The van der Waals surface area contributed by atoms with Crippen LogP contribution in [0.3, 0.4) is 0 Å². The third-order valence-electron chi connectivity index (χ3n) is 1.75. The van der Waals surface area contributed by atoms with Crippen LogP contribution in [0.2, 0.25) is 0 Å². The van der Waals surface area contributed by atoms with Crippen molar-refractivity contribution < 1.29 is 4.79 Å². The number of thioether (sulfide) groups is 1. The molecule has 2 heterocycles. The lowest BCUT2D eigenvalue weighted by atomic mass is 10.1. The van der Waals surface area contributed by atoms with Crippen molar-refractivity contribution in [1.82, 2.24) is 4.90 Å². The van der Waals surface area contributed by atoms with Crippen LogP contribution in [0.1, 0.15) is 0 Å². The fourth-order valence-corrected chi connectivity index (χ4v) is 2.22. The minimum absolute atomic E-state index is 0.0495. The van der Waals surface area contributed by atoms with Gasteiger partial charge in [-0.1, -0.05) is 6.08 Å². The SMILES string of the molecule is NC1C(=O)N2C=CCSC12. The van der Waals surface area contributed by atoms with E-state index in [4.69, 9.17) is 5.73 Å². The van der Waals surface area contributed by atoms with Crippen LogP contribution in [0.25, 0.3) is 0 Å². The summed E-state index contributed by atoms with van der Waals surface area (Å²) < 4.78 is 0. The molecule has 0 radical (unpaired) electrons. The summed E-state index contributed by atoms with van der Waals surface area (Å²) in [6.45, 7) is 0. The Morgan fingerprint density at radius 1 is 1.80 bits per heavy atom. The Bertz CT molecular complexity index is 204. The van der Waals surface area contributed by atoms with Crippen LogP contribution in [-0.4, -0.2) is 28.0 Å². The maximum Gasteiger partial charge on any atom is 0.247 e. The Morgan fingerprint density at radius 3 is 3.30 bits per heavy atom. The topological polar surface area (TPSA) is 46.3 Å². The fraction of sp³-hybridized carbons (Fsp3) is 0.500. The van der Waals surface area contributed by atoms with Gasteiger partial charge in [0.05, 0.1) is 0 Å². The first-order chi connectivity index (χ1) is 4.80. The highest BCUT2D eigenvalue weighted by atomic mass is 32.2. The first kappa shape index (κ1) is 6.24. The van der Waals surface area contributed by atoms with E-state index in [2.05, 4.69) is 0 Å². The molecule has 1 amide bonds. The molecule has 0 aromatic carbocycles. The first-order valence-corrected chi connectivity index (χ1v) is 4.21. The van der Waals surface area contributed by atoms with E-state index in [1.807, 2.05) is 12.3 Å². The second-order valence-corrected chi connectivity index (χ2v) is 3.53. The van der Waals surface area contributed by atoms with Gasteiger partial charge in [-0.05, 0) is 0 Å². The van der Waals surface area contributed by atoms with E-state index in [0.717, 1.165) is 5.75 Å². The minimum atomic E-state index is -0.255. The van der Waals surface area contributed by atoms with Gasteiger partial charge in [-0.3, -0.25) is 4.79 Å². The Labute approximate surface area is 63.2 Å². The van der Waals surface area contributed by atoms with Crippen molar-refractivity contribution >= 4 is 17.7 Å². The Morgan fingerprint density at radius 2 is 2.60 bits per heavy atom. The van der Waals surface area contributed by atoms with Gasteiger partial charge in [0, 0.05) is 12.0 Å². The van der Waals surface area contributed by atoms with E-state index in [1.54, 1.807) is 16.7 Å². The molecular weight excluding hydrogens is 148 g/mol. The summed E-state index contributed by atoms with van der Waals surface area (Å²) in [5.74, 6) is 1.02. The van der Waals surface area contributed by atoms with E-state index in [9.17, 15) is 4.79 Å². The summed E-state index contributed by atoms with van der Waals surface area (Å²) in [5.41, 5.74) is 5.53. The van der Waals surface area contributed by atoms with Gasteiger partial charge in [-0.25, -0.2) is 0 Å². The molecule has 10 heavy (non-hydrogen) atoms. The lowest BCUT2D eigenvalue weighted by Gasteiger charge is -2.44. The third-order valence-corrected chi connectivity index (χ3v) is 3.00. The summed E-state index contributed by atoms with van der Waals surface area (Å²) in [6, 6.07) is -0.255. The van der Waals surface area contributed by atoms with Gasteiger partial charge in [-0.15, -0.1) is 11.8 Å². The lowest BCUT2D eigenvalue weighted by molar-refractivity contribution is -0.140. The largest absolute Gasteiger partial charge is 0.317 e. The van der Waals surface area contributed by atoms with Crippen molar-refractivity contribution in [2.75, 3.05) is 5.75 Å². The zero-order valence-corrected chi connectivity index (χ0v) is 6.17. The van der Waals surface area contributed by atoms with Gasteiger partial charge in [0.25, 0.3) is 0 Å². The molecule has 1 fully saturated rings. The molecular formula is C6H8N2OS. The van der Waals surface area contributed by atoms with E-state index >= 15 is 0 Å². The van der Waals surface area contributed by atoms with Crippen LogP contribution in [-0.2, 0) is 4.79 Å². The third kappa shape index (κ3) is 0.630. The maximum atomic E-state index is 10.9. The minimum Gasteiger partial charge on any atom is -0.317 e. The Balaban J connectivity index is 2.18. The molecule has 1 saturated heterocycles. The Kier molecular flexibility index (Phi) is 1.25. The van der Waals surface area contributed by atoms with Crippen LogP contribution in [0.15, 0.2) is 12.3 Å². The summed E-state index contributed by atoms with van der Waals surface area (Å²) >= 11 is 1.72. The average Bonchev–Trinajstić information content (AvgIpc) is 2.03. The number of hydrogen-bond acceptors (Lipinski definition) is 3. The Hall–Kier alpha value is -0.480. The molecule has 2 aliphatic heterocycles. The van der Waals surface area contributed by atoms with Gasteiger partial charge < -0.3 is 10.6 Å². The van der Waals surface area contributed by atoms with Crippen molar-refractivity contribution in [2.24, 2.45) is 5.73 Å². The molecule has 2 unspecified atom stereocenters. The standard InChI is InChI=1S/C6H8N2OS/c7-4-5(9)8-2-1-3-10-6(4)8/h1-2,4,6H,3,7H2. The van der Waals surface area contributed by atoms with Gasteiger partial charge in [-0.2, -0.15) is 0 Å². The summed E-state index contributed by atoms with van der Waals surface area (Å²) in [6.07, 6.45) is 3.80. The van der Waals surface area contributed by atoms with Crippen LogP contribution in [0.4, 0.5) is 0 Å². The van der Waals surface area contributed by atoms with E-state index in [0.29, 0.717) is 0 Å². The van der Waals surface area contributed by atoms with Gasteiger partial charge in [0.15, 0.2) is 0 Å². The molecule has 2 rings (SSSR count). The summed E-state index contributed by atoms with van der Waals surface area (Å²) in [5, 5.41) is 0.220. The van der Waals surface area contributed by atoms with Crippen molar-refractivity contribution in [3.05, 3.63) is 12.3 Å². The predicted octanol–water partition coefficient (Wildman–Crippen LogP) is -0.258. The highest BCUT2D eigenvalue weighted by molar-refractivity contribution is 8.00. The lowest BCUT2D eigenvalue weighted by Crippen LogP contribution is -2.65. The number of amides is 1.